The lowest BCUT2D eigenvalue weighted by molar-refractivity contribution is 0.301. The summed E-state index contributed by atoms with van der Waals surface area (Å²) >= 11 is 0. The number of hydrogen-bond donors (Lipinski definition) is 0. The molecule has 5 rings (SSSR count). The fourth-order valence-electron chi connectivity index (χ4n) is 4.60. The predicted molar refractivity (Wildman–Crippen MR) is 121 cm³/mol. The molecule has 2 aliphatic heterocycles. The topological polar surface area (TPSA) is 18.8 Å². The highest BCUT2D eigenvalue weighted by atomic mass is 19.1. The molecule has 2 heterocycles. The summed E-state index contributed by atoms with van der Waals surface area (Å²) in [6.45, 7) is 1.41. The molecule has 3 aromatic carbocycles. The monoisotopic (exact) mass is 415 g/mol. The normalized spacial score (nSPS) is 22.5. The van der Waals surface area contributed by atoms with Crippen LogP contribution in [0.2, 0.25) is 0 Å². The van der Waals surface area contributed by atoms with Gasteiger partial charge in [-0.25, -0.2) is 8.78 Å². The molecule has 0 aromatic heterocycles. The molecule has 1 fully saturated rings. The number of hydrazone groups is 1. The molecule has 156 valence electrons. The standard InChI is InChI=1S/C26H23F2N3/c1-30-16-19(15-18-9-5-7-13-23(18)27)25-22(17-30)26(21-12-6-8-14-24(21)28)31(29-25)20-10-3-2-4-11-20/h2-15,22,26H,16-17H2,1H3/b19-15+. The van der Waals surface area contributed by atoms with E-state index < -0.39 is 0 Å². The Morgan fingerprint density at radius 3 is 2.29 bits per heavy atom. The molecule has 2 unspecified atom stereocenters. The Hall–Kier alpha value is -3.31. The quantitative estimate of drug-likeness (QED) is 0.560. The van der Waals surface area contributed by atoms with E-state index in [1.54, 1.807) is 18.2 Å². The van der Waals surface area contributed by atoms with Crippen molar-refractivity contribution in [3.8, 4) is 0 Å². The lowest BCUT2D eigenvalue weighted by atomic mass is 9.83. The lowest BCUT2D eigenvalue weighted by Crippen LogP contribution is -2.42. The third-order valence-electron chi connectivity index (χ3n) is 5.97. The summed E-state index contributed by atoms with van der Waals surface area (Å²) in [6.07, 6.45) is 1.88. The van der Waals surface area contributed by atoms with Crippen LogP contribution in [0.4, 0.5) is 14.5 Å². The third-order valence-corrected chi connectivity index (χ3v) is 5.97. The summed E-state index contributed by atoms with van der Waals surface area (Å²) in [6, 6.07) is 23.2. The molecule has 0 aliphatic carbocycles. The lowest BCUT2D eigenvalue weighted by Gasteiger charge is -2.34. The van der Waals surface area contributed by atoms with Crippen molar-refractivity contribution >= 4 is 17.5 Å². The summed E-state index contributed by atoms with van der Waals surface area (Å²) in [4.78, 5) is 2.19. The van der Waals surface area contributed by atoms with Crippen LogP contribution in [0.5, 0.6) is 0 Å². The van der Waals surface area contributed by atoms with Crippen molar-refractivity contribution in [3.05, 3.63) is 107 Å². The molecular weight excluding hydrogens is 392 g/mol. The van der Waals surface area contributed by atoms with Crippen molar-refractivity contribution in [2.45, 2.75) is 6.04 Å². The maximum atomic E-state index is 14.9. The van der Waals surface area contributed by atoms with Crippen LogP contribution in [0.1, 0.15) is 17.2 Å². The van der Waals surface area contributed by atoms with E-state index in [2.05, 4.69) is 4.90 Å². The number of nitrogens with zero attached hydrogens (tertiary/aromatic N) is 3. The number of piperidine rings is 1. The van der Waals surface area contributed by atoms with Gasteiger partial charge in [0.15, 0.2) is 0 Å². The molecule has 0 radical (unpaired) electrons. The number of hydrogen-bond acceptors (Lipinski definition) is 3. The van der Waals surface area contributed by atoms with Crippen LogP contribution in [-0.4, -0.2) is 30.7 Å². The molecule has 1 saturated heterocycles. The zero-order valence-corrected chi connectivity index (χ0v) is 17.2. The van der Waals surface area contributed by atoms with Crippen molar-refractivity contribution in [1.29, 1.82) is 0 Å². The van der Waals surface area contributed by atoms with Gasteiger partial charge in [0.05, 0.1) is 17.4 Å². The molecule has 0 saturated carbocycles. The molecule has 0 spiro atoms. The van der Waals surface area contributed by atoms with Gasteiger partial charge in [-0.05, 0) is 43.0 Å². The predicted octanol–water partition coefficient (Wildman–Crippen LogP) is 5.53. The van der Waals surface area contributed by atoms with E-state index in [1.807, 2.05) is 66.7 Å². The second kappa shape index (κ2) is 8.08. The maximum absolute atomic E-state index is 14.9. The minimum Gasteiger partial charge on any atom is -0.301 e. The van der Waals surface area contributed by atoms with Gasteiger partial charge in [-0.2, -0.15) is 5.10 Å². The highest BCUT2D eigenvalue weighted by Crippen LogP contribution is 2.43. The number of likely N-dealkylation sites (tertiary alicyclic amines) is 1. The van der Waals surface area contributed by atoms with Crippen LogP contribution in [-0.2, 0) is 0 Å². The molecule has 3 nitrogen and oxygen atoms in total. The van der Waals surface area contributed by atoms with Crippen LogP contribution in [0.3, 0.4) is 0 Å². The van der Waals surface area contributed by atoms with Gasteiger partial charge < -0.3 is 4.90 Å². The first-order valence-electron chi connectivity index (χ1n) is 10.4. The van der Waals surface area contributed by atoms with Crippen molar-refractivity contribution in [3.63, 3.8) is 0 Å². The number of benzene rings is 3. The van der Waals surface area contributed by atoms with Gasteiger partial charge in [0, 0.05) is 30.1 Å². The minimum absolute atomic E-state index is 0.0334. The SMILES string of the molecule is CN1C/C(=C\c2ccccc2F)C2=NN(c3ccccc3)C(c3ccccc3F)C2C1. The van der Waals surface area contributed by atoms with Crippen LogP contribution >= 0.6 is 0 Å². The molecular formula is C26H23F2N3. The minimum atomic E-state index is -0.273. The van der Waals surface area contributed by atoms with Crippen molar-refractivity contribution in [2.75, 3.05) is 25.1 Å². The van der Waals surface area contributed by atoms with Crippen LogP contribution in [0, 0.1) is 17.6 Å². The summed E-state index contributed by atoms with van der Waals surface area (Å²) in [7, 11) is 2.04. The van der Waals surface area contributed by atoms with Crippen LogP contribution < -0.4 is 5.01 Å². The van der Waals surface area contributed by atoms with Crippen molar-refractivity contribution in [1.82, 2.24) is 4.90 Å². The first-order valence-corrected chi connectivity index (χ1v) is 10.4. The summed E-state index contributed by atoms with van der Waals surface area (Å²) in [5.41, 5.74) is 3.93. The smallest absolute Gasteiger partial charge is 0.130 e. The zero-order valence-electron chi connectivity index (χ0n) is 17.2. The Morgan fingerprint density at radius 2 is 1.55 bits per heavy atom. The summed E-state index contributed by atoms with van der Waals surface area (Å²) in [5.74, 6) is -0.532. The molecule has 2 atom stereocenters. The highest BCUT2D eigenvalue weighted by molar-refractivity contribution is 6.09. The molecule has 0 N–H and O–H groups in total. The number of rotatable bonds is 3. The Morgan fingerprint density at radius 1 is 0.871 bits per heavy atom. The zero-order chi connectivity index (χ0) is 21.4. The Bertz CT molecular complexity index is 1160. The molecule has 0 bridgehead atoms. The average Bonchev–Trinajstić information content (AvgIpc) is 3.15. The van der Waals surface area contributed by atoms with E-state index in [9.17, 15) is 8.78 Å². The van der Waals surface area contributed by atoms with E-state index in [4.69, 9.17) is 5.10 Å². The maximum Gasteiger partial charge on any atom is 0.130 e. The van der Waals surface area contributed by atoms with E-state index in [-0.39, 0.29) is 23.6 Å². The van der Waals surface area contributed by atoms with E-state index in [1.165, 1.54) is 12.1 Å². The summed E-state index contributed by atoms with van der Waals surface area (Å²) < 4.78 is 29.3. The van der Waals surface area contributed by atoms with E-state index >= 15 is 0 Å². The van der Waals surface area contributed by atoms with Crippen LogP contribution in [0.25, 0.3) is 6.08 Å². The van der Waals surface area contributed by atoms with Crippen LogP contribution in [0.15, 0.2) is 89.5 Å². The molecule has 2 aliphatic rings. The number of likely N-dealkylation sites (N-methyl/N-ethyl adjacent to an activating group) is 1. The second-order valence-electron chi connectivity index (χ2n) is 8.13. The second-order valence-corrected chi connectivity index (χ2v) is 8.13. The fraction of sp³-hybridized carbons (Fsp3) is 0.192. The first-order chi connectivity index (χ1) is 15.1. The van der Waals surface area contributed by atoms with Gasteiger partial charge in [-0.15, -0.1) is 0 Å². The molecule has 31 heavy (non-hydrogen) atoms. The Kier molecular flexibility index (Phi) is 5.12. The third kappa shape index (κ3) is 3.66. The molecule has 0 amide bonds. The van der Waals surface area contributed by atoms with Gasteiger partial charge in [-0.1, -0.05) is 54.6 Å². The van der Waals surface area contributed by atoms with E-state index in [0.29, 0.717) is 17.7 Å². The first kappa shape index (κ1) is 19.6. The van der Waals surface area contributed by atoms with Gasteiger partial charge in [0.25, 0.3) is 0 Å². The van der Waals surface area contributed by atoms with Gasteiger partial charge in [-0.3, -0.25) is 5.01 Å². The Balaban J connectivity index is 1.65. The van der Waals surface area contributed by atoms with Gasteiger partial charge in [0.2, 0.25) is 0 Å². The Labute approximate surface area is 180 Å². The average molecular weight is 415 g/mol. The number of halogens is 2. The van der Waals surface area contributed by atoms with Gasteiger partial charge >= 0.3 is 0 Å². The van der Waals surface area contributed by atoms with E-state index in [0.717, 1.165) is 23.5 Å². The largest absolute Gasteiger partial charge is 0.301 e. The fourth-order valence-corrected chi connectivity index (χ4v) is 4.60. The van der Waals surface area contributed by atoms with Crippen molar-refractivity contribution in [2.24, 2.45) is 11.0 Å². The summed E-state index contributed by atoms with van der Waals surface area (Å²) in [5, 5.41) is 6.91. The van der Waals surface area contributed by atoms with Gasteiger partial charge in [0.1, 0.15) is 11.6 Å². The highest BCUT2D eigenvalue weighted by Gasteiger charge is 2.44. The van der Waals surface area contributed by atoms with Crippen molar-refractivity contribution < 1.29 is 8.78 Å². The number of fused-ring (bicyclic) bond motifs is 1. The molecule has 5 heteroatoms. The molecule has 3 aromatic rings. The number of anilines is 1. The number of para-hydroxylation sites is 1.